The van der Waals surface area contributed by atoms with Crippen molar-refractivity contribution in [1.29, 1.82) is 0 Å². The molecular weight excluding hydrogens is 316 g/mol. The molecule has 0 spiro atoms. The summed E-state index contributed by atoms with van der Waals surface area (Å²) in [5.74, 6) is 0.0227. The fourth-order valence-corrected chi connectivity index (χ4v) is 3.91. The van der Waals surface area contributed by atoms with E-state index in [9.17, 15) is 17.2 Å². The lowest BCUT2D eigenvalue weighted by Crippen LogP contribution is -2.35. The molecule has 1 aliphatic heterocycles. The Bertz CT molecular complexity index is 763. The Balaban J connectivity index is 1.98. The topological polar surface area (TPSA) is 75.3 Å². The Hall–Kier alpha value is -2.16. The molecule has 1 N–H and O–H groups in total. The summed E-state index contributed by atoms with van der Waals surface area (Å²) in [6, 6.07) is 4.28. The number of imidazole rings is 1. The van der Waals surface area contributed by atoms with Crippen LogP contribution in [0.2, 0.25) is 0 Å². The SMILES string of the molecule is O=S(=O)(c1cnc[nH]1)N1CCCc2cc(OC(F)F)ccc21. The van der Waals surface area contributed by atoms with Gasteiger partial charge in [0.05, 0.1) is 18.2 Å². The van der Waals surface area contributed by atoms with E-state index in [1.54, 1.807) is 0 Å². The summed E-state index contributed by atoms with van der Waals surface area (Å²) in [6.07, 6.45) is 3.72. The van der Waals surface area contributed by atoms with Crippen LogP contribution in [-0.4, -0.2) is 31.5 Å². The van der Waals surface area contributed by atoms with E-state index in [0.29, 0.717) is 30.6 Å². The number of hydrogen-bond acceptors (Lipinski definition) is 4. The van der Waals surface area contributed by atoms with Gasteiger partial charge >= 0.3 is 6.61 Å². The number of hydrogen-bond donors (Lipinski definition) is 1. The van der Waals surface area contributed by atoms with Gasteiger partial charge in [-0.05, 0) is 36.6 Å². The first-order chi connectivity index (χ1) is 10.5. The Kier molecular flexibility index (Phi) is 3.73. The van der Waals surface area contributed by atoms with E-state index in [0.717, 1.165) is 0 Å². The zero-order valence-electron chi connectivity index (χ0n) is 11.4. The van der Waals surface area contributed by atoms with Crippen molar-refractivity contribution < 1.29 is 21.9 Å². The maximum Gasteiger partial charge on any atom is 0.387 e. The molecule has 9 heteroatoms. The molecule has 3 rings (SSSR count). The van der Waals surface area contributed by atoms with Gasteiger partial charge < -0.3 is 9.72 Å². The molecule has 1 aliphatic rings. The zero-order valence-corrected chi connectivity index (χ0v) is 12.2. The first-order valence-corrected chi connectivity index (χ1v) is 8.01. The van der Waals surface area contributed by atoms with Gasteiger partial charge in [-0.3, -0.25) is 4.31 Å². The standard InChI is InChI=1S/C13H13F2N3O3S/c14-13(15)21-10-3-4-11-9(6-10)2-1-5-18(11)22(19,20)12-7-16-8-17-12/h3-4,6-8,13H,1-2,5H2,(H,16,17). The summed E-state index contributed by atoms with van der Waals surface area (Å²) in [5, 5.41) is -0.00624. The summed E-state index contributed by atoms with van der Waals surface area (Å²) >= 11 is 0. The highest BCUT2D eigenvalue weighted by Crippen LogP contribution is 2.34. The van der Waals surface area contributed by atoms with Crippen LogP contribution in [0.1, 0.15) is 12.0 Å². The monoisotopic (exact) mass is 329 g/mol. The maximum atomic E-state index is 12.6. The van der Waals surface area contributed by atoms with Crippen molar-refractivity contribution in [2.45, 2.75) is 24.5 Å². The smallest absolute Gasteiger partial charge is 0.387 e. The molecule has 22 heavy (non-hydrogen) atoms. The van der Waals surface area contributed by atoms with Crippen LogP contribution in [-0.2, 0) is 16.4 Å². The second-order valence-corrected chi connectivity index (χ2v) is 6.60. The molecule has 0 aliphatic carbocycles. The molecule has 0 saturated carbocycles. The largest absolute Gasteiger partial charge is 0.435 e. The van der Waals surface area contributed by atoms with Crippen LogP contribution in [0.25, 0.3) is 0 Å². The number of H-pyrrole nitrogens is 1. The number of anilines is 1. The van der Waals surface area contributed by atoms with Crippen LogP contribution < -0.4 is 9.04 Å². The van der Waals surface area contributed by atoms with E-state index in [2.05, 4.69) is 14.7 Å². The molecule has 1 aromatic heterocycles. The molecular formula is C13H13F2N3O3S. The molecule has 0 saturated heterocycles. The van der Waals surface area contributed by atoms with E-state index in [1.165, 1.54) is 35.0 Å². The van der Waals surface area contributed by atoms with E-state index < -0.39 is 16.6 Å². The molecule has 0 atom stereocenters. The van der Waals surface area contributed by atoms with Gasteiger partial charge in [0.15, 0.2) is 5.03 Å². The van der Waals surface area contributed by atoms with E-state index in [-0.39, 0.29) is 10.8 Å². The minimum absolute atomic E-state index is 0.00624. The number of nitrogens with one attached hydrogen (secondary N) is 1. The number of nitrogens with zero attached hydrogens (tertiary/aromatic N) is 2. The predicted molar refractivity (Wildman–Crippen MR) is 74.5 cm³/mol. The van der Waals surface area contributed by atoms with E-state index in [4.69, 9.17) is 0 Å². The highest BCUT2D eigenvalue weighted by Gasteiger charge is 2.30. The normalized spacial score (nSPS) is 15.0. The molecule has 2 heterocycles. The predicted octanol–water partition coefficient (Wildman–Crippen LogP) is 2.15. The van der Waals surface area contributed by atoms with Gasteiger partial charge in [0.25, 0.3) is 10.0 Å². The van der Waals surface area contributed by atoms with Crippen molar-refractivity contribution >= 4 is 15.7 Å². The lowest BCUT2D eigenvalue weighted by atomic mass is 10.0. The number of rotatable bonds is 4. The molecule has 0 amide bonds. The maximum absolute atomic E-state index is 12.6. The number of alkyl halides is 2. The third-order valence-electron chi connectivity index (χ3n) is 3.39. The third-order valence-corrected chi connectivity index (χ3v) is 5.13. The second-order valence-electron chi connectivity index (χ2n) is 4.77. The molecule has 118 valence electrons. The van der Waals surface area contributed by atoms with E-state index >= 15 is 0 Å². The van der Waals surface area contributed by atoms with Gasteiger partial charge in [0.1, 0.15) is 5.75 Å². The Morgan fingerprint density at radius 3 is 2.86 bits per heavy atom. The summed E-state index contributed by atoms with van der Waals surface area (Å²) < 4.78 is 55.3. The number of sulfonamides is 1. The van der Waals surface area contributed by atoms with Gasteiger partial charge in [0.2, 0.25) is 0 Å². The third kappa shape index (κ3) is 2.63. The van der Waals surface area contributed by atoms with Crippen LogP contribution in [0.15, 0.2) is 35.7 Å². The Labute approximate surface area is 125 Å². The molecule has 0 bridgehead atoms. The molecule has 2 aromatic rings. The molecule has 1 aromatic carbocycles. The fraction of sp³-hybridized carbons (Fsp3) is 0.308. The molecule has 0 radical (unpaired) electrons. The minimum atomic E-state index is -3.74. The first kappa shape index (κ1) is 14.8. The van der Waals surface area contributed by atoms with Crippen molar-refractivity contribution in [2.75, 3.05) is 10.8 Å². The lowest BCUT2D eigenvalue weighted by molar-refractivity contribution is -0.0498. The lowest BCUT2D eigenvalue weighted by Gasteiger charge is -2.30. The fourth-order valence-electron chi connectivity index (χ4n) is 2.47. The van der Waals surface area contributed by atoms with Crippen molar-refractivity contribution in [3.8, 4) is 5.75 Å². The Morgan fingerprint density at radius 1 is 1.36 bits per heavy atom. The number of aromatic amines is 1. The van der Waals surface area contributed by atoms with Crippen LogP contribution in [0, 0.1) is 0 Å². The number of ether oxygens (including phenoxy) is 1. The van der Waals surface area contributed by atoms with Crippen LogP contribution >= 0.6 is 0 Å². The van der Waals surface area contributed by atoms with Gasteiger partial charge in [-0.1, -0.05) is 0 Å². The van der Waals surface area contributed by atoms with E-state index in [1.807, 2.05) is 0 Å². The molecule has 6 nitrogen and oxygen atoms in total. The highest BCUT2D eigenvalue weighted by molar-refractivity contribution is 7.92. The van der Waals surface area contributed by atoms with Gasteiger partial charge in [0, 0.05) is 6.54 Å². The average molecular weight is 329 g/mol. The number of aryl methyl sites for hydroxylation is 1. The summed E-state index contributed by atoms with van der Waals surface area (Å²) in [6.45, 7) is -2.59. The first-order valence-electron chi connectivity index (χ1n) is 6.57. The average Bonchev–Trinajstić information content (AvgIpc) is 3.00. The molecule has 0 fully saturated rings. The summed E-state index contributed by atoms with van der Waals surface area (Å²) in [4.78, 5) is 6.30. The van der Waals surface area contributed by atoms with Crippen LogP contribution in [0.4, 0.5) is 14.5 Å². The minimum Gasteiger partial charge on any atom is -0.435 e. The van der Waals surface area contributed by atoms with Crippen LogP contribution in [0.5, 0.6) is 5.75 Å². The highest BCUT2D eigenvalue weighted by atomic mass is 32.2. The quantitative estimate of drug-likeness (QED) is 0.932. The van der Waals surface area contributed by atoms with Crippen LogP contribution in [0.3, 0.4) is 0 Å². The van der Waals surface area contributed by atoms with Crippen molar-refractivity contribution in [2.24, 2.45) is 0 Å². The second kappa shape index (κ2) is 5.56. The van der Waals surface area contributed by atoms with Crippen molar-refractivity contribution in [3.05, 3.63) is 36.3 Å². The van der Waals surface area contributed by atoms with Gasteiger partial charge in [-0.15, -0.1) is 0 Å². The van der Waals surface area contributed by atoms with Crippen molar-refractivity contribution in [1.82, 2.24) is 9.97 Å². The van der Waals surface area contributed by atoms with Crippen molar-refractivity contribution in [3.63, 3.8) is 0 Å². The van der Waals surface area contributed by atoms with Gasteiger partial charge in [-0.2, -0.15) is 17.2 Å². The number of aromatic nitrogens is 2. The molecule has 0 unspecified atom stereocenters. The zero-order chi connectivity index (χ0) is 15.7. The Morgan fingerprint density at radius 2 is 2.18 bits per heavy atom. The summed E-state index contributed by atoms with van der Waals surface area (Å²) in [7, 11) is -3.74. The number of halogens is 2. The number of fused-ring (bicyclic) bond motifs is 1. The number of benzene rings is 1. The van der Waals surface area contributed by atoms with Gasteiger partial charge in [-0.25, -0.2) is 4.98 Å². The summed E-state index contributed by atoms with van der Waals surface area (Å²) in [5.41, 5.74) is 1.13.